The Morgan fingerprint density at radius 2 is 2.00 bits per heavy atom. The normalized spacial score (nSPS) is 34.5. The first kappa shape index (κ1) is 14.5. The number of fused-ring (bicyclic) bond motifs is 2. The van der Waals surface area contributed by atoms with Gasteiger partial charge in [0.25, 0.3) is 0 Å². The van der Waals surface area contributed by atoms with Crippen LogP contribution in [-0.4, -0.2) is 11.0 Å². The van der Waals surface area contributed by atoms with E-state index in [0.29, 0.717) is 27.2 Å². The molecule has 0 spiro atoms. The fourth-order valence-corrected chi connectivity index (χ4v) is 4.95. The third-order valence-corrected chi connectivity index (χ3v) is 6.72. The molecular weight excluding hydrogens is 291 g/mol. The van der Waals surface area contributed by atoms with Crippen LogP contribution in [0.15, 0.2) is 6.07 Å². The van der Waals surface area contributed by atoms with Crippen molar-refractivity contribution < 1.29 is 0 Å². The second-order valence-electron chi connectivity index (χ2n) is 7.24. The van der Waals surface area contributed by atoms with Gasteiger partial charge in [-0.05, 0) is 54.6 Å². The molecule has 2 fully saturated rings. The first-order chi connectivity index (χ1) is 9.25. The Balaban J connectivity index is 1.91. The van der Waals surface area contributed by atoms with Gasteiger partial charge in [-0.1, -0.05) is 44.0 Å². The minimum absolute atomic E-state index is 0.326. The number of anilines is 1. The van der Waals surface area contributed by atoms with E-state index >= 15 is 0 Å². The Hall–Kier alpha value is -0.470. The first-order valence-corrected chi connectivity index (χ1v) is 8.10. The molecule has 1 aromatic heterocycles. The number of aromatic nitrogens is 1. The third kappa shape index (κ3) is 1.88. The Kier molecular flexibility index (Phi) is 3.26. The molecule has 1 aromatic rings. The SMILES string of the molecule is Cc1cc(Cl)nc(Cl)c1NC1CC2CCC1(C)C2(C)C. The van der Waals surface area contributed by atoms with Crippen LogP contribution in [0.3, 0.4) is 0 Å². The van der Waals surface area contributed by atoms with Gasteiger partial charge < -0.3 is 5.32 Å². The fraction of sp³-hybridized carbons (Fsp3) is 0.688. The summed E-state index contributed by atoms with van der Waals surface area (Å²) in [6.45, 7) is 9.29. The lowest BCUT2D eigenvalue weighted by Gasteiger charge is -2.40. The molecule has 1 N–H and O–H groups in total. The van der Waals surface area contributed by atoms with Gasteiger partial charge in [0.15, 0.2) is 5.15 Å². The molecule has 0 saturated heterocycles. The van der Waals surface area contributed by atoms with Crippen molar-refractivity contribution in [1.29, 1.82) is 0 Å². The van der Waals surface area contributed by atoms with E-state index in [2.05, 4.69) is 31.1 Å². The monoisotopic (exact) mass is 312 g/mol. The quantitative estimate of drug-likeness (QED) is 0.747. The smallest absolute Gasteiger partial charge is 0.154 e. The Morgan fingerprint density at radius 3 is 2.50 bits per heavy atom. The molecule has 110 valence electrons. The largest absolute Gasteiger partial charge is 0.379 e. The van der Waals surface area contributed by atoms with Crippen molar-refractivity contribution in [2.24, 2.45) is 16.7 Å². The zero-order chi connectivity index (χ0) is 14.7. The summed E-state index contributed by atoms with van der Waals surface area (Å²) in [5, 5.41) is 4.62. The van der Waals surface area contributed by atoms with Gasteiger partial charge in [0.2, 0.25) is 0 Å². The maximum Gasteiger partial charge on any atom is 0.154 e. The third-order valence-electron chi connectivity index (χ3n) is 6.25. The molecule has 0 aromatic carbocycles. The van der Waals surface area contributed by atoms with Gasteiger partial charge in [-0.2, -0.15) is 0 Å². The molecule has 2 saturated carbocycles. The average Bonchev–Trinajstić information content (AvgIpc) is 2.66. The molecule has 4 heteroatoms. The van der Waals surface area contributed by atoms with Crippen molar-refractivity contribution >= 4 is 28.9 Å². The van der Waals surface area contributed by atoms with Crippen molar-refractivity contribution in [1.82, 2.24) is 4.98 Å². The molecule has 0 amide bonds. The highest BCUT2D eigenvalue weighted by atomic mass is 35.5. The van der Waals surface area contributed by atoms with Gasteiger partial charge in [-0.15, -0.1) is 0 Å². The molecular formula is C16H22Cl2N2. The van der Waals surface area contributed by atoms with E-state index in [1.165, 1.54) is 19.3 Å². The standard InChI is InChI=1S/C16H22Cl2N2/c1-9-7-12(17)20-14(18)13(9)19-11-8-10-5-6-16(11,4)15(10,2)3/h7,10-11,19H,5-6,8H2,1-4H3. The number of pyridine rings is 1. The van der Waals surface area contributed by atoms with Crippen LogP contribution in [-0.2, 0) is 0 Å². The summed E-state index contributed by atoms with van der Waals surface area (Å²) in [4.78, 5) is 4.17. The van der Waals surface area contributed by atoms with E-state index < -0.39 is 0 Å². The van der Waals surface area contributed by atoms with E-state index in [9.17, 15) is 0 Å². The molecule has 0 radical (unpaired) electrons. The molecule has 2 aliphatic rings. The lowest BCUT2D eigenvalue weighted by Crippen LogP contribution is -2.40. The van der Waals surface area contributed by atoms with Gasteiger partial charge in [-0.25, -0.2) is 4.98 Å². The van der Waals surface area contributed by atoms with Crippen LogP contribution in [0.4, 0.5) is 5.69 Å². The lowest BCUT2D eigenvalue weighted by molar-refractivity contribution is 0.142. The number of halogens is 2. The summed E-state index contributed by atoms with van der Waals surface area (Å²) in [7, 11) is 0. The van der Waals surface area contributed by atoms with E-state index in [1.807, 2.05) is 13.0 Å². The zero-order valence-electron chi connectivity index (χ0n) is 12.6. The van der Waals surface area contributed by atoms with Crippen LogP contribution in [0.2, 0.25) is 10.3 Å². The molecule has 3 atom stereocenters. The molecule has 1 heterocycles. The van der Waals surface area contributed by atoms with Crippen LogP contribution in [0, 0.1) is 23.7 Å². The summed E-state index contributed by atoms with van der Waals surface area (Å²) in [6.07, 6.45) is 3.87. The number of rotatable bonds is 2. The topological polar surface area (TPSA) is 24.9 Å². The Labute approximate surface area is 131 Å². The molecule has 3 rings (SSSR count). The molecule has 2 nitrogen and oxygen atoms in total. The maximum absolute atomic E-state index is 6.27. The van der Waals surface area contributed by atoms with E-state index in [-0.39, 0.29) is 0 Å². The van der Waals surface area contributed by atoms with Crippen molar-refractivity contribution in [2.75, 3.05) is 5.32 Å². The molecule has 2 bridgehead atoms. The predicted molar refractivity (Wildman–Crippen MR) is 85.6 cm³/mol. The number of hydrogen-bond acceptors (Lipinski definition) is 2. The number of nitrogens with one attached hydrogen (secondary N) is 1. The summed E-state index contributed by atoms with van der Waals surface area (Å²) in [6, 6.07) is 2.34. The minimum Gasteiger partial charge on any atom is -0.379 e. The molecule has 20 heavy (non-hydrogen) atoms. The van der Waals surface area contributed by atoms with Gasteiger partial charge in [0.1, 0.15) is 5.15 Å². The predicted octanol–water partition coefficient (Wildman–Crippen LogP) is 5.32. The number of hydrogen-bond donors (Lipinski definition) is 1. The van der Waals surface area contributed by atoms with E-state index in [1.54, 1.807) is 0 Å². The lowest BCUT2D eigenvalue weighted by atomic mass is 9.69. The molecule has 3 unspecified atom stereocenters. The second kappa shape index (κ2) is 4.51. The maximum atomic E-state index is 6.27. The van der Waals surface area contributed by atoms with E-state index in [0.717, 1.165) is 17.2 Å². The van der Waals surface area contributed by atoms with Crippen molar-refractivity contribution in [3.8, 4) is 0 Å². The van der Waals surface area contributed by atoms with Gasteiger partial charge in [0, 0.05) is 6.04 Å². The van der Waals surface area contributed by atoms with Crippen LogP contribution >= 0.6 is 23.2 Å². The zero-order valence-corrected chi connectivity index (χ0v) is 14.1. The van der Waals surface area contributed by atoms with Crippen molar-refractivity contribution in [3.63, 3.8) is 0 Å². The van der Waals surface area contributed by atoms with Crippen molar-refractivity contribution in [2.45, 2.75) is 53.0 Å². The Bertz CT molecular complexity index is 532. The number of aryl methyl sites for hydroxylation is 1. The summed E-state index contributed by atoms with van der Waals surface area (Å²) in [5.74, 6) is 0.810. The van der Waals surface area contributed by atoms with Gasteiger partial charge in [-0.3, -0.25) is 0 Å². The summed E-state index contributed by atoms with van der Waals surface area (Å²) < 4.78 is 0. The summed E-state index contributed by atoms with van der Waals surface area (Å²) in [5.41, 5.74) is 2.74. The van der Waals surface area contributed by atoms with Crippen LogP contribution in [0.1, 0.15) is 45.6 Å². The average molecular weight is 313 g/mol. The van der Waals surface area contributed by atoms with Crippen LogP contribution < -0.4 is 5.32 Å². The Morgan fingerprint density at radius 1 is 1.30 bits per heavy atom. The highest BCUT2D eigenvalue weighted by Crippen LogP contribution is 2.66. The highest BCUT2D eigenvalue weighted by molar-refractivity contribution is 6.34. The number of nitrogens with zero attached hydrogens (tertiary/aromatic N) is 1. The molecule has 0 aliphatic heterocycles. The minimum atomic E-state index is 0.326. The second-order valence-corrected chi connectivity index (χ2v) is 7.98. The van der Waals surface area contributed by atoms with E-state index in [4.69, 9.17) is 23.2 Å². The highest BCUT2D eigenvalue weighted by Gasteiger charge is 2.61. The molecule has 2 aliphatic carbocycles. The van der Waals surface area contributed by atoms with Gasteiger partial charge >= 0.3 is 0 Å². The van der Waals surface area contributed by atoms with Crippen LogP contribution in [0.5, 0.6) is 0 Å². The van der Waals surface area contributed by atoms with Gasteiger partial charge in [0.05, 0.1) is 5.69 Å². The summed E-state index contributed by atoms with van der Waals surface area (Å²) >= 11 is 12.2. The van der Waals surface area contributed by atoms with Crippen molar-refractivity contribution in [3.05, 3.63) is 21.9 Å². The fourth-order valence-electron chi connectivity index (χ4n) is 4.37. The first-order valence-electron chi connectivity index (χ1n) is 7.35. The van der Waals surface area contributed by atoms with Crippen LogP contribution in [0.25, 0.3) is 0 Å².